The van der Waals surface area contributed by atoms with Crippen LogP contribution in [0, 0.1) is 0 Å². The van der Waals surface area contributed by atoms with E-state index in [0.717, 1.165) is 32.0 Å². The van der Waals surface area contributed by atoms with E-state index in [2.05, 4.69) is 35.3 Å². The van der Waals surface area contributed by atoms with Gasteiger partial charge in [0.1, 0.15) is 16.5 Å². The van der Waals surface area contributed by atoms with Crippen LogP contribution in [0.1, 0.15) is 0 Å². The number of hydrogen-bond donors (Lipinski definition) is 1. The second-order valence-corrected chi connectivity index (χ2v) is 5.98. The Labute approximate surface area is 136 Å². The molecule has 0 spiro atoms. The van der Waals surface area contributed by atoms with E-state index in [0.29, 0.717) is 16.8 Å². The summed E-state index contributed by atoms with van der Waals surface area (Å²) >= 11 is 7.16. The van der Waals surface area contributed by atoms with Crippen LogP contribution < -0.4 is 10.2 Å². The molecule has 1 aliphatic heterocycles. The number of anilines is 2. The number of piperazine rings is 1. The summed E-state index contributed by atoms with van der Waals surface area (Å²) in [5.74, 6) is 0.693. The normalized spacial score (nSPS) is 15.8. The van der Waals surface area contributed by atoms with Crippen LogP contribution in [0.25, 0.3) is 0 Å². The van der Waals surface area contributed by atoms with Crippen LogP contribution in [0.4, 0.5) is 10.9 Å². The van der Waals surface area contributed by atoms with Crippen LogP contribution in [-0.2, 0) is 4.79 Å². The number of carbonyl (C=O) groups is 1. The molecule has 1 fully saturated rings. The van der Waals surface area contributed by atoms with E-state index in [-0.39, 0.29) is 5.91 Å². The van der Waals surface area contributed by atoms with Crippen LogP contribution in [0.15, 0.2) is 17.9 Å². The zero-order valence-electron chi connectivity index (χ0n) is 11.6. The van der Waals surface area contributed by atoms with Gasteiger partial charge in [0.05, 0.1) is 18.9 Å². The van der Waals surface area contributed by atoms with Crippen LogP contribution >= 0.6 is 22.9 Å². The molecule has 8 nitrogen and oxygen atoms in total. The molecule has 3 heterocycles. The predicted octanol–water partition coefficient (Wildman–Crippen LogP) is 0.742. The van der Waals surface area contributed by atoms with E-state index in [4.69, 9.17) is 11.6 Å². The summed E-state index contributed by atoms with van der Waals surface area (Å²) in [6.07, 6.45) is 3.21. The molecular weight excluding hydrogens is 326 g/mol. The standard InChI is InChI=1S/C12H14ClN7OS/c13-9-5-14-6-10(16-9)20-3-1-19(2-4-20)7-11(21)17-12-18-15-8-22-12/h5-6,8H,1-4,7H2,(H,17,18,21). The molecule has 2 aromatic rings. The first-order chi connectivity index (χ1) is 10.7. The Hall–Kier alpha value is -1.84. The average Bonchev–Trinajstić information content (AvgIpc) is 3.01. The van der Waals surface area contributed by atoms with E-state index in [1.54, 1.807) is 11.7 Å². The molecule has 0 saturated carbocycles. The summed E-state index contributed by atoms with van der Waals surface area (Å²) in [6.45, 7) is 3.45. The molecular formula is C12H14ClN7OS. The first-order valence-corrected chi connectivity index (χ1v) is 7.97. The number of aromatic nitrogens is 4. The van der Waals surface area contributed by atoms with Crippen molar-refractivity contribution in [3.8, 4) is 0 Å². The number of nitrogens with one attached hydrogen (secondary N) is 1. The molecule has 0 radical (unpaired) electrons. The maximum absolute atomic E-state index is 11.9. The summed E-state index contributed by atoms with van der Waals surface area (Å²) in [5.41, 5.74) is 1.58. The second-order valence-electron chi connectivity index (χ2n) is 4.76. The van der Waals surface area contributed by atoms with Crippen molar-refractivity contribution in [2.45, 2.75) is 0 Å². The van der Waals surface area contributed by atoms with Crippen molar-refractivity contribution in [3.05, 3.63) is 23.1 Å². The smallest absolute Gasteiger partial charge is 0.240 e. The van der Waals surface area contributed by atoms with Gasteiger partial charge in [-0.15, -0.1) is 10.2 Å². The van der Waals surface area contributed by atoms with Crippen molar-refractivity contribution in [1.29, 1.82) is 0 Å². The Bertz CT molecular complexity index is 630. The van der Waals surface area contributed by atoms with Crippen molar-refractivity contribution in [2.75, 3.05) is 42.9 Å². The molecule has 0 aliphatic carbocycles. The monoisotopic (exact) mass is 339 g/mol. The Morgan fingerprint density at radius 1 is 1.32 bits per heavy atom. The number of nitrogens with zero attached hydrogens (tertiary/aromatic N) is 6. The lowest BCUT2D eigenvalue weighted by Crippen LogP contribution is -2.49. The largest absolute Gasteiger partial charge is 0.353 e. The number of rotatable bonds is 4. The highest BCUT2D eigenvalue weighted by molar-refractivity contribution is 7.13. The van der Waals surface area contributed by atoms with Gasteiger partial charge >= 0.3 is 0 Å². The molecule has 1 N–H and O–H groups in total. The first-order valence-electron chi connectivity index (χ1n) is 6.71. The maximum atomic E-state index is 11.9. The summed E-state index contributed by atoms with van der Waals surface area (Å²) in [6, 6.07) is 0. The van der Waals surface area contributed by atoms with Gasteiger partial charge < -0.3 is 4.90 Å². The van der Waals surface area contributed by atoms with Gasteiger partial charge in [-0.05, 0) is 0 Å². The van der Waals surface area contributed by atoms with E-state index in [1.165, 1.54) is 17.5 Å². The molecule has 22 heavy (non-hydrogen) atoms. The van der Waals surface area contributed by atoms with Crippen molar-refractivity contribution in [2.24, 2.45) is 0 Å². The van der Waals surface area contributed by atoms with Crippen LogP contribution in [0.5, 0.6) is 0 Å². The Kier molecular flexibility index (Phi) is 4.76. The van der Waals surface area contributed by atoms with Crippen molar-refractivity contribution >= 4 is 39.8 Å². The highest BCUT2D eigenvalue weighted by atomic mass is 35.5. The molecule has 1 amide bonds. The Balaban J connectivity index is 1.48. The fraction of sp³-hybridized carbons (Fsp3) is 0.417. The predicted molar refractivity (Wildman–Crippen MR) is 84.2 cm³/mol. The molecule has 2 aromatic heterocycles. The van der Waals surface area contributed by atoms with Gasteiger partial charge in [0.15, 0.2) is 0 Å². The third-order valence-electron chi connectivity index (χ3n) is 3.26. The lowest BCUT2D eigenvalue weighted by Gasteiger charge is -2.34. The molecule has 0 atom stereocenters. The molecule has 3 rings (SSSR count). The molecule has 0 bridgehead atoms. The zero-order chi connectivity index (χ0) is 15.4. The molecule has 1 aliphatic rings. The number of halogens is 1. The number of amides is 1. The molecule has 1 saturated heterocycles. The first kappa shape index (κ1) is 15.1. The Morgan fingerprint density at radius 3 is 2.82 bits per heavy atom. The van der Waals surface area contributed by atoms with Gasteiger partial charge in [-0.2, -0.15) is 0 Å². The van der Waals surface area contributed by atoms with E-state index in [9.17, 15) is 4.79 Å². The minimum Gasteiger partial charge on any atom is -0.353 e. The summed E-state index contributed by atoms with van der Waals surface area (Å²) in [5, 5.41) is 11.1. The minimum absolute atomic E-state index is 0.0762. The maximum Gasteiger partial charge on any atom is 0.240 e. The summed E-state index contributed by atoms with van der Waals surface area (Å²) in [4.78, 5) is 24.4. The Morgan fingerprint density at radius 2 is 2.14 bits per heavy atom. The minimum atomic E-state index is -0.0762. The second kappa shape index (κ2) is 6.95. The lowest BCUT2D eigenvalue weighted by molar-refractivity contribution is -0.117. The van der Waals surface area contributed by atoms with Crippen molar-refractivity contribution in [3.63, 3.8) is 0 Å². The van der Waals surface area contributed by atoms with E-state index >= 15 is 0 Å². The summed E-state index contributed by atoms with van der Waals surface area (Å²) < 4.78 is 0. The van der Waals surface area contributed by atoms with Crippen LogP contribution in [0.3, 0.4) is 0 Å². The lowest BCUT2D eigenvalue weighted by atomic mass is 10.3. The topological polar surface area (TPSA) is 87.1 Å². The van der Waals surface area contributed by atoms with E-state index < -0.39 is 0 Å². The van der Waals surface area contributed by atoms with E-state index in [1.807, 2.05) is 0 Å². The molecule has 0 aromatic carbocycles. The third kappa shape index (κ3) is 3.87. The number of hydrogen-bond acceptors (Lipinski definition) is 8. The fourth-order valence-electron chi connectivity index (χ4n) is 2.21. The highest BCUT2D eigenvalue weighted by Gasteiger charge is 2.20. The molecule has 10 heteroatoms. The molecule has 0 unspecified atom stereocenters. The average molecular weight is 340 g/mol. The van der Waals surface area contributed by atoms with Crippen molar-refractivity contribution in [1.82, 2.24) is 25.1 Å². The van der Waals surface area contributed by atoms with Crippen LogP contribution in [-0.4, -0.2) is 63.7 Å². The quantitative estimate of drug-likeness (QED) is 0.879. The SMILES string of the molecule is O=C(CN1CCN(c2cncc(Cl)n2)CC1)Nc1nncs1. The third-order valence-corrected chi connectivity index (χ3v) is 4.05. The van der Waals surface area contributed by atoms with Gasteiger partial charge in [0.25, 0.3) is 0 Å². The van der Waals surface area contributed by atoms with Crippen molar-refractivity contribution < 1.29 is 4.79 Å². The highest BCUT2D eigenvalue weighted by Crippen LogP contribution is 2.15. The fourth-order valence-corrected chi connectivity index (χ4v) is 2.81. The van der Waals surface area contributed by atoms with Crippen LogP contribution in [0.2, 0.25) is 5.15 Å². The van der Waals surface area contributed by atoms with Gasteiger partial charge in [-0.25, -0.2) is 4.98 Å². The number of carbonyl (C=O) groups excluding carboxylic acids is 1. The van der Waals surface area contributed by atoms with Gasteiger partial charge in [0.2, 0.25) is 11.0 Å². The van der Waals surface area contributed by atoms with Gasteiger partial charge in [-0.3, -0.25) is 20.0 Å². The van der Waals surface area contributed by atoms with Gasteiger partial charge in [0, 0.05) is 26.2 Å². The molecule has 116 valence electrons. The summed E-state index contributed by atoms with van der Waals surface area (Å²) in [7, 11) is 0. The van der Waals surface area contributed by atoms with Gasteiger partial charge in [-0.1, -0.05) is 22.9 Å². The zero-order valence-corrected chi connectivity index (χ0v) is 13.2.